The third kappa shape index (κ3) is 4.09. The SMILES string of the molecule is N[C@@H](Cc1cnc[nH]1)C(=O)N1CCC[C@H]1C(=O)N[C@@H](CO)C(=O)O. The van der Waals surface area contributed by atoms with Gasteiger partial charge in [-0.1, -0.05) is 0 Å². The number of nitrogens with one attached hydrogen (secondary N) is 2. The number of nitrogens with two attached hydrogens (primary N) is 1. The zero-order valence-corrected chi connectivity index (χ0v) is 13.0. The van der Waals surface area contributed by atoms with Crippen LogP contribution in [0.5, 0.6) is 0 Å². The number of H-pyrrole nitrogens is 1. The lowest BCUT2D eigenvalue weighted by molar-refractivity contribution is -0.145. The van der Waals surface area contributed by atoms with E-state index in [9.17, 15) is 14.4 Å². The Morgan fingerprint density at radius 2 is 2.25 bits per heavy atom. The van der Waals surface area contributed by atoms with Crippen LogP contribution >= 0.6 is 0 Å². The predicted molar refractivity (Wildman–Crippen MR) is 81.7 cm³/mol. The highest BCUT2D eigenvalue weighted by molar-refractivity contribution is 5.92. The molecule has 0 saturated carbocycles. The fraction of sp³-hybridized carbons (Fsp3) is 0.571. The second-order valence-corrected chi connectivity index (χ2v) is 5.66. The van der Waals surface area contributed by atoms with Gasteiger partial charge in [0.2, 0.25) is 11.8 Å². The number of likely N-dealkylation sites (tertiary alicyclic amines) is 1. The van der Waals surface area contributed by atoms with Gasteiger partial charge in [-0.3, -0.25) is 9.59 Å². The first-order valence-electron chi connectivity index (χ1n) is 7.61. The van der Waals surface area contributed by atoms with E-state index < -0.39 is 36.6 Å². The molecule has 2 amide bonds. The lowest BCUT2D eigenvalue weighted by Gasteiger charge is -2.27. The van der Waals surface area contributed by atoms with Crippen LogP contribution in [0.15, 0.2) is 12.5 Å². The number of aliphatic carboxylic acids is 1. The molecule has 1 aliphatic rings. The standard InChI is InChI=1S/C14H21N5O5/c15-9(4-8-5-16-7-17-8)13(22)19-3-1-2-11(19)12(21)18-10(6-20)14(23)24/h5,7,9-11,20H,1-4,6,15H2,(H,16,17)(H,18,21)(H,23,24)/t9-,10-,11-/m0/s1. The Labute approximate surface area is 138 Å². The molecule has 24 heavy (non-hydrogen) atoms. The summed E-state index contributed by atoms with van der Waals surface area (Å²) in [5.41, 5.74) is 6.63. The van der Waals surface area contributed by atoms with Gasteiger partial charge in [0.25, 0.3) is 0 Å². The van der Waals surface area contributed by atoms with Crippen molar-refractivity contribution in [3.8, 4) is 0 Å². The highest BCUT2D eigenvalue weighted by atomic mass is 16.4. The molecular formula is C14H21N5O5. The number of carbonyl (C=O) groups is 3. The fourth-order valence-electron chi connectivity index (χ4n) is 2.69. The van der Waals surface area contributed by atoms with Gasteiger partial charge in [-0.2, -0.15) is 0 Å². The molecule has 0 aliphatic carbocycles. The second kappa shape index (κ2) is 7.88. The van der Waals surface area contributed by atoms with Crippen LogP contribution in [-0.4, -0.2) is 74.1 Å². The first-order chi connectivity index (χ1) is 11.4. The molecule has 0 radical (unpaired) electrons. The summed E-state index contributed by atoms with van der Waals surface area (Å²) in [6.45, 7) is -0.342. The zero-order chi connectivity index (χ0) is 17.7. The van der Waals surface area contributed by atoms with E-state index >= 15 is 0 Å². The van der Waals surface area contributed by atoms with E-state index in [4.69, 9.17) is 15.9 Å². The lowest BCUT2D eigenvalue weighted by Crippen LogP contribution is -2.54. The van der Waals surface area contributed by atoms with Crippen LogP contribution in [0.4, 0.5) is 0 Å². The molecule has 10 nitrogen and oxygen atoms in total. The number of aromatic nitrogens is 2. The Hall–Kier alpha value is -2.46. The maximum Gasteiger partial charge on any atom is 0.328 e. The summed E-state index contributed by atoms with van der Waals surface area (Å²) in [7, 11) is 0. The van der Waals surface area contributed by atoms with Crippen LogP contribution in [-0.2, 0) is 20.8 Å². The van der Waals surface area contributed by atoms with Crippen molar-refractivity contribution in [3.63, 3.8) is 0 Å². The minimum Gasteiger partial charge on any atom is -0.480 e. The Bertz CT molecular complexity index is 590. The van der Waals surface area contributed by atoms with Gasteiger partial charge in [-0.25, -0.2) is 9.78 Å². The number of aliphatic hydroxyl groups is 1. The smallest absolute Gasteiger partial charge is 0.328 e. The van der Waals surface area contributed by atoms with Crippen molar-refractivity contribution in [2.75, 3.05) is 13.2 Å². The molecule has 0 spiro atoms. The quantitative estimate of drug-likeness (QED) is 0.377. The molecule has 10 heteroatoms. The molecule has 1 aromatic heterocycles. The molecule has 0 aromatic carbocycles. The van der Waals surface area contributed by atoms with Gasteiger partial charge in [0.15, 0.2) is 0 Å². The van der Waals surface area contributed by atoms with Crippen molar-refractivity contribution >= 4 is 17.8 Å². The number of nitrogens with zero attached hydrogens (tertiary/aromatic N) is 2. The lowest BCUT2D eigenvalue weighted by atomic mass is 10.1. The first kappa shape index (κ1) is 17.9. The van der Waals surface area contributed by atoms with Gasteiger partial charge in [0, 0.05) is 24.9 Å². The summed E-state index contributed by atoms with van der Waals surface area (Å²) in [6.07, 6.45) is 4.36. The summed E-state index contributed by atoms with van der Waals surface area (Å²) in [5, 5.41) is 20.1. The number of aliphatic hydroxyl groups excluding tert-OH is 1. The number of rotatable bonds is 7. The summed E-state index contributed by atoms with van der Waals surface area (Å²) < 4.78 is 0. The molecule has 1 aromatic rings. The largest absolute Gasteiger partial charge is 0.480 e. The Morgan fingerprint density at radius 1 is 1.50 bits per heavy atom. The number of amides is 2. The molecule has 3 atom stereocenters. The van der Waals surface area contributed by atoms with Crippen molar-refractivity contribution in [1.29, 1.82) is 0 Å². The first-order valence-corrected chi connectivity index (χ1v) is 7.61. The number of carboxylic acid groups (broad SMARTS) is 1. The van der Waals surface area contributed by atoms with Crippen molar-refractivity contribution < 1.29 is 24.6 Å². The van der Waals surface area contributed by atoms with Crippen LogP contribution in [0, 0.1) is 0 Å². The van der Waals surface area contributed by atoms with Gasteiger partial charge < -0.3 is 31.1 Å². The van der Waals surface area contributed by atoms with Gasteiger partial charge in [-0.05, 0) is 12.8 Å². The molecule has 1 aliphatic heterocycles. The molecule has 6 N–H and O–H groups in total. The number of carboxylic acids is 1. The van der Waals surface area contributed by atoms with E-state index in [1.807, 2.05) is 0 Å². The monoisotopic (exact) mass is 339 g/mol. The molecule has 2 rings (SSSR count). The summed E-state index contributed by atoms with van der Waals surface area (Å²) >= 11 is 0. The molecule has 1 saturated heterocycles. The molecule has 0 unspecified atom stereocenters. The van der Waals surface area contributed by atoms with Crippen LogP contribution < -0.4 is 11.1 Å². The Kier molecular flexibility index (Phi) is 5.88. The van der Waals surface area contributed by atoms with Gasteiger partial charge >= 0.3 is 5.97 Å². The van der Waals surface area contributed by atoms with E-state index in [1.54, 1.807) is 6.20 Å². The highest BCUT2D eigenvalue weighted by Crippen LogP contribution is 2.19. The van der Waals surface area contributed by atoms with Gasteiger partial charge in [0.1, 0.15) is 12.1 Å². The summed E-state index contributed by atoms with van der Waals surface area (Å²) in [5.74, 6) is -2.31. The van der Waals surface area contributed by atoms with E-state index in [0.717, 1.165) is 0 Å². The predicted octanol–water partition coefficient (Wildman–Crippen LogP) is -2.17. The minimum absolute atomic E-state index is 0.262. The zero-order valence-electron chi connectivity index (χ0n) is 13.0. The molecule has 1 fully saturated rings. The van der Waals surface area contributed by atoms with Crippen LogP contribution in [0.1, 0.15) is 18.5 Å². The van der Waals surface area contributed by atoms with E-state index in [-0.39, 0.29) is 12.3 Å². The fourth-order valence-corrected chi connectivity index (χ4v) is 2.69. The number of carbonyl (C=O) groups excluding carboxylic acids is 2. The second-order valence-electron chi connectivity index (χ2n) is 5.66. The van der Waals surface area contributed by atoms with Crippen LogP contribution in [0.25, 0.3) is 0 Å². The van der Waals surface area contributed by atoms with Crippen molar-refractivity contribution in [3.05, 3.63) is 18.2 Å². The topological polar surface area (TPSA) is 162 Å². The Balaban J connectivity index is 1.99. The Morgan fingerprint density at radius 3 is 2.83 bits per heavy atom. The van der Waals surface area contributed by atoms with Gasteiger partial charge in [-0.15, -0.1) is 0 Å². The van der Waals surface area contributed by atoms with Crippen LogP contribution in [0.3, 0.4) is 0 Å². The highest BCUT2D eigenvalue weighted by Gasteiger charge is 2.37. The normalized spacial score (nSPS) is 19.8. The maximum atomic E-state index is 12.5. The summed E-state index contributed by atoms with van der Waals surface area (Å²) in [4.78, 5) is 43.7. The molecule has 2 heterocycles. The van der Waals surface area contributed by atoms with Crippen molar-refractivity contribution in [2.24, 2.45) is 5.73 Å². The van der Waals surface area contributed by atoms with E-state index in [2.05, 4.69) is 15.3 Å². The average molecular weight is 339 g/mol. The summed E-state index contributed by atoms with van der Waals surface area (Å²) in [6, 6.07) is -3.00. The van der Waals surface area contributed by atoms with E-state index in [0.29, 0.717) is 25.1 Å². The number of aromatic amines is 1. The third-order valence-electron chi connectivity index (χ3n) is 3.95. The third-order valence-corrected chi connectivity index (χ3v) is 3.95. The van der Waals surface area contributed by atoms with E-state index in [1.165, 1.54) is 11.2 Å². The number of imidazole rings is 1. The average Bonchev–Trinajstić information content (AvgIpc) is 3.22. The number of hydrogen-bond acceptors (Lipinski definition) is 6. The van der Waals surface area contributed by atoms with Crippen molar-refractivity contribution in [2.45, 2.75) is 37.4 Å². The van der Waals surface area contributed by atoms with Gasteiger partial charge in [0.05, 0.1) is 19.0 Å². The molecule has 132 valence electrons. The van der Waals surface area contributed by atoms with Crippen molar-refractivity contribution in [1.82, 2.24) is 20.2 Å². The minimum atomic E-state index is -1.39. The molecular weight excluding hydrogens is 318 g/mol. The van der Waals surface area contributed by atoms with Crippen LogP contribution in [0.2, 0.25) is 0 Å². The number of hydrogen-bond donors (Lipinski definition) is 5. The molecule has 0 bridgehead atoms. The maximum absolute atomic E-state index is 12.5.